The molecule has 0 spiro atoms. The number of amides is 1. The van der Waals surface area contributed by atoms with E-state index in [0.717, 1.165) is 21.6 Å². The summed E-state index contributed by atoms with van der Waals surface area (Å²) in [5, 5.41) is 7.04. The van der Waals surface area contributed by atoms with Gasteiger partial charge in [0.15, 0.2) is 0 Å². The molecule has 2 aromatic carbocycles. The number of halogens is 1. The molecule has 6 nitrogen and oxygen atoms in total. The summed E-state index contributed by atoms with van der Waals surface area (Å²) in [5.41, 5.74) is 2.95. The molecule has 156 valence electrons. The number of nitrogens with one attached hydrogen (secondary N) is 1. The van der Waals surface area contributed by atoms with Crippen molar-refractivity contribution < 1.29 is 13.9 Å². The van der Waals surface area contributed by atoms with Crippen LogP contribution in [0.3, 0.4) is 0 Å². The van der Waals surface area contributed by atoms with Gasteiger partial charge < -0.3 is 10.1 Å². The summed E-state index contributed by atoms with van der Waals surface area (Å²) in [4.78, 5) is 24.7. The SMILES string of the molecule is Cc1cc(C)cc(OCCNC(=O)C(C)n2nc(-c3ccc(F)cc3)ccc2=O)c1. The van der Waals surface area contributed by atoms with Gasteiger partial charge in [0.05, 0.1) is 12.2 Å². The first-order valence-corrected chi connectivity index (χ1v) is 9.68. The number of benzene rings is 2. The molecule has 0 bridgehead atoms. The van der Waals surface area contributed by atoms with Gasteiger partial charge in [-0.25, -0.2) is 9.07 Å². The van der Waals surface area contributed by atoms with Crippen LogP contribution in [-0.4, -0.2) is 28.8 Å². The minimum atomic E-state index is -0.806. The zero-order valence-electron chi connectivity index (χ0n) is 17.2. The molecule has 0 radical (unpaired) electrons. The van der Waals surface area contributed by atoms with Crippen LogP contribution >= 0.6 is 0 Å². The first kappa shape index (κ1) is 21.2. The molecule has 1 heterocycles. The van der Waals surface area contributed by atoms with Gasteiger partial charge in [-0.3, -0.25) is 9.59 Å². The fourth-order valence-electron chi connectivity index (χ4n) is 3.10. The zero-order valence-corrected chi connectivity index (χ0v) is 17.2. The lowest BCUT2D eigenvalue weighted by Crippen LogP contribution is -2.38. The largest absolute Gasteiger partial charge is 0.492 e. The maximum absolute atomic E-state index is 13.1. The van der Waals surface area contributed by atoms with Gasteiger partial charge in [-0.05, 0) is 74.4 Å². The normalized spacial score (nSPS) is 11.7. The van der Waals surface area contributed by atoms with Crippen LogP contribution in [-0.2, 0) is 4.79 Å². The minimum absolute atomic E-state index is 0.294. The Morgan fingerprint density at radius 3 is 2.43 bits per heavy atom. The molecule has 0 aliphatic heterocycles. The Hall–Kier alpha value is -3.48. The first-order chi connectivity index (χ1) is 14.3. The van der Waals surface area contributed by atoms with Crippen LogP contribution in [0.4, 0.5) is 4.39 Å². The Labute approximate surface area is 174 Å². The van der Waals surface area contributed by atoms with E-state index in [1.807, 2.05) is 26.0 Å². The van der Waals surface area contributed by atoms with E-state index in [1.165, 1.54) is 18.2 Å². The average molecular weight is 409 g/mol. The van der Waals surface area contributed by atoms with Gasteiger partial charge in [0.1, 0.15) is 24.2 Å². The maximum Gasteiger partial charge on any atom is 0.267 e. The number of aromatic nitrogens is 2. The van der Waals surface area contributed by atoms with Gasteiger partial charge in [-0.2, -0.15) is 5.10 Å². The van der Waals surface area contributed by atoms with Crippen molar-refractivity contribution in [2.45, 2.75) is 26.8 Å². The van der Waals surface area contributed by atoms with Gasteiger partial charge in [0.25, 0.3) is 5.56 Å². The standard InChI is InChI=1S/C23H24FN3O3/c1-15-12-16(2)14-20(13-15)30-11-10-25-23(29)17(3)27-22(28)9-8-21(26-27)18-4-6-19(24)7-5-18/h4-9,12-14,17H,10-11H2,1-3H3,(H,25,29). The third-order valence-corrected chi connectivity index (χ3v) is 4.58. The van der Waals surface area contributed by atoms with E-state index in [2.05, 4.69) is 16.5 Å². The second kappa shape index (κ2) is 9.35. The topological polar surface area (TPSA) is 73.2 Å². The van der Waals surface area contributed by atoms with E-state index < -0.39 is 11.6 Å². The number of ether oxygens (including phenoxy) is 1. The third kappa shape index (κ3) is 5.31. The summed E-state index contributed by atoms with van der Waals surface area (Å²) in [6, 6.07) is 13.8. The molecule has 0 fully saturated rings. The highest BCUT2D eigenvalue weighted by molar-refractivity contribution is 5.79. The van der Waals surface area contributed by atoms with Gasteiger partial charge >= 0.3 is 0 Å². The highest BCUT2D eigenvalue weighted by Gasteiger charge is 2.17. The van der Waals surface area contributed by atoms with Crippen LogP contribution in [0, 0.1) is 19.7 Å². The van der Waals surface area contributed by atoms with E-state index in [0.29, 0.717) is 24.4 Å². The van der Waals surface area contributed by atoms with Crippen molar-refractivity contribution in [1.29, 1.82) is 0 Å². The number of nitrogens with zero attached hydrogens (tertiary/aromatic N) is 2. The van der Waals surface area contributed by atoms with E-state index in [9.17, 15) is 14.0 Å². The summed E-state index contributed by atoms with van der Waals surface area (Å²) >= 11 is 0. The molecule has 0 saturated carbocycles. The summed E-state index contributed by atoms with van der Waals surface area (Å²) < 4.78 is 19.9. The lowest BCUT2D eigenvalue weighted by molar-refractivity contribution is -0.124. The van der Waals surface area contributed by atoms with E-state index in [-0.39, 0.29) is 11.7 Å². The van der Waals surface area contributed by atoms with Crippen LogP contribution in [0.25, 0.3) is 11.3 Å². The van der Waals surface area contributed by atoms with Crippen LogP contribution < -0.4 is 15.6 Å². The third-order valence-electron chi connectivity index (χ3n) is 4.58. The van der Waals surface area contributed by atoms with Crippen molar-refractivity contribution >= 4 is 5.91 Å². The molecular formula is C23H24FN3O3. The first-order valence-electron chi connectivity index (χ1n) is 9.68. The summed E-state index contributed by atoms with van der Waals surface area (Å²) in [7, 11) is 0. The molecule has 1 unspecified atom stereocenters. The summed E-state index contributed by atoms with van der Waals surface area (Å²) in [6.07, 6.45) is 0. The van der Waals surface area contributed by atoms with E-state index in [1.54, 1.807) is 25.1 Å². The Morgan fingerprint density at radius 1 is 1.10 bits per heavy atom. The molecule has 0 aliphatic rings. The predicted molar refractivity (Wildman–Crippen MR) is 113 cm³/mol. The molecule has 30 heavy (non-hydrogen) atoms. The van der Waals surface area contributed by atoms with Crippen LogP contribution in [0.1, 0.15) is 24.1 Å². The molecule has 1 atom stereocenters. The van der Waals surface area contributed by atoms with Gasteiger partial charge in [-0.15, -0.1) is 0 Å². The van der Waals surface area contributed by atoms with Crippen LogP contribution in [0.15, 0.2) is 59.4 Å². The van der Waals surface area contributed by atoms with Crippen LogP contribution in [0.5, 0.6) is 5.75 Å². The molecule has 7 heteroatoms. The smallest absolute Gasteiger partial charge is 0.267 e. The maximum atomic E-state index is 13.1. The molecule has 0 aliphatic carbocycles. The molecule has 1 N–H and O–H groups in total. The summed E-state index contributed by atoms with van der Waals surface area (Å²) in [6.45, 7) is 6.19. The number of hydrogen-bond donors (Lipinski definition) is 1. The number of aryl methyl sites for hydroxylation is 2. The minimum Gasteiger partial charge on any atom is -0.492 e. The van der Waals surface area contributed by atoms with E-state index >= 15 is 0 Å². The Kier molecular flexibility index (Phi) is 6.61. The predicted octanol–water partition coefficient (Wildman–Crippen LogP) is 3.42. The average Bonchev–Trinajstić information content (AvgIpc) is 2.71. The fraction of sp³-hybridized carbons (Fsp3) is 0.261. The number of rotatable bonds is 7. The lowest BCUT2D eigenvalue weighted by Gasteiger charge is -2.15. The Bertz CT molecular complexity index is 1070. The second-order valence-corrected chi connectivity index (χ2v) is 7.15. The zero-order chi connectivity index (χ0) is 21.7. The molecule has 1 amide bonds. The molecular weight excluding hydrogens is 385 g/mol. The lowest BCUT2D eigenvalue weighted by atomic mass is 10.1. The van der Waals surface area contributed by atoms with Crippen molar-refractivity contribution in [2.75, 3.05) is 13.2 Å². The monoisotopic (exact) mass is 409 g/mol. The molecule has 1 aromatic heterocycles. The number of hydrogen-bond acceptors (Lipinski definition) is 4. The van der Waals surface area contributed by atoms with Gasteiger partial charge in [-0.1, -0.05) is 6.07 Å². The number of carbonyl (C=O) groups excluding carboxylic acids is 1. The van der Waals surface area contributed by atoms with Crippen molar-refractivity contribution in [1.82, 2.24) is 15.1 Å². The van der Waals surface area contributed by atoms with Crippen molar-refractivity contribution in [3.05, 3.63) is 81.9 Å². The second-order valence-electron chi connectivity index (χ2n) is 7.15. The van der Waals surface area contributed by atoms with E-state index in [4.69, 9.17) is 4.74 Å². The number of carbonyl (C=O) groups is 1. The van der Waals surface area contributed by atoms with Crippen molar-refractivity contribution in [3.63, 3.8) is 0 Å². The van der Waals surface area contributed by atoms with Crippen molar-refractivity contribution in [2.24, 2.45) is 0 Å². The quantitative estimate of drug-likeness (QED) is 0.607. The summed E-state index contributed by atoms with van der Waals surface area (Å²) in [5.74, 6) is 0.0485. The Balaban J connectivity index is 1.62. The van der Waals surface area contributed by atoms with Crippen molar-refractivity contribution in [3.8, 4) is 17.0 Å². The van der Waals surface area contributed by atoms with Gasteiger partial charge in [0.2, 0.25) is 5.91 Å². The van der Waals surface area contributed by atoms with Gasteiger partial charge in [0, 0.05) is 11.6 Å². The highest BCUT2D eigenvalue weighted by Crippen LogP contribution is 2.17. The highest BCUT2D eigenvalue weighted by atomic mass is 19.1. The molecule has 3 rings (SSSR count). The Morgan fingerprint density at radius 2 is 1.77 bits per heavy atom. The molecule has 0 saturated heterocycles. The fourth-order valence-corrected chi connectivity index (χ4v) is 3.10. The molecule has 3 aromatic rings. The van der Waals surface area contributed by atoms with Crippen LogP contribution in [0.2, 0.25) is 0 Å².